The van der Waals surface area contributed by atoms with Gasteiger partial charge in [-0.1, -0.05) is 32.9 Å². The molecule has 2 aromatic rings. The highest BCUT2D eigenvalue weighted by Gasteiger charge is 2.44. The third-order valence-corrected chi connectivity index (χ3v) is 3.49. The van der Waals surface area contributed by atoms with Gasteiger partial charge >= 0.3 is 12.0 Å². The van der Waals surface area contributed by atoms with Crippen LogP contribution in [0.5, 0.6) is 11.5 Å². The SMILES string of the molecule is CC(C)(C)c1ccn(Cc2cccc3c2OC(F)(F)O3)c(=O)n1. The molecular formula is C16H16F2N2O3. The predicted octanol–water partition coefficient (Wildman–Crippen LogP) is 2.91. The summed E-state index contributed by atoms with van der Waals surface area (Å²) in [6, 6.07) is 6.31. The molecule has 0 saturated carbocycles. The van der Waals surface area contributed by atoms with Crippen LogP contribution in [0.3, 0.4) is 0 Å². The zero-order valence-electron chi connectivity index (χ0n) is 13.0. The maximum Gasteiger partial charge on any atom is 0.586 e. The van der Waals surface area contributed by atoms with E-state index in [-0.39, 0.29) is 23.5 Å². The molecule has 3 rings (SSSR count). The van der Waals surface area contributed by atoms with E-state index in [1.54, 1.807) is 24.4 Å². The molecule has 122 valence electrons. The molecule has 2 heterocycles. The molecular weight excluding hydrogens is 306 g/mol. The molecule has 0 amide bonds. The van der Waals surface area contributed by atoms with Crippen molar-refractivity contribution in [1.29, 1.82) is 0 Å². The zero-order valence-corrected chi connectivity index (χ0v) is 13.0. The minimum atomic E-state index is -3.68. The molecule has 7 heteroatoms. The molecule has 0 bridgehead atoms. The smallest absolute Gasteiger partial charge is 0.395 e. The number of hydrogen-bond acceptors (Lipinski definition) is 4. The molecule has 0 spiro atoms. The van der Waals surface area contributed by atoms with E-state index >= 15 is 0 Å². The molecule has 1 aliphatic rings. The van der Waals surface area contributed by atoms with Gasteiger partial charge in [0.2, 0.25) is 0 Å². The first-order chi connectivity index (χ1) is 10.7. The molecule has 1 aromatic carbocycles. The first-order valence-electron chi connectivity index (χ1n) is 7.11. The fourth-order valence-corrected chi connectivity index (χ4v) is 2.30. The van der Waals surface area contributed by atoms with Crippen molar-refractivity contribution in [3.63, 3.8) is 0 Å². The Labute approximate surface area is 131 Å². The Morgan fingerprint density at radius 2 is 1.96 bits per heavy atom. The zero-order chi connectivity index (χ0) is 16.8. The minimum absolute atomic E-state index is 0.0418. The minimum Gasteiger partial charge on any atom is -0.395 e. The van der Waals surface area contributed by atoms with Crippen LogP contribution in [0.25, 0.3) is 0 Å². The third-order valence-electron chi connectivity index (χ3n) is 3.49. The Hall–Kier alpha value is -2.44. The van der Waals surface area contributed by atoms with Crippen LogP contribution in [0.1, 0.15) is 32.0 Å². The molecule has 23 heavy (non-hydrogen) atoms. The number of para-hydroxylation sites is 1. The standard InChI is InChI=1S/C16H16F2N2O3/c1-15(2,3)12-7-8-20(14(21)19-12)9-10-5-4-6-11-13(10)23-16(17,18)22-11/h4-8H,9H2,1-3H3. The second-order valence-corrected chi connectivity index (χ2v) is 6.39. The number of aromatic nitrogens is 2. The van der Waals surface area contributed by atoms with Crippen LogP contribution < -0.4 is 15.2 Å². The molecule has 1 aliphatic heterocycles. The topological polar surface area (TPSA) is 53.4 Å². The van der Waals surface area contributed by atoms with Crippen molar-refractivity contribution in [2.24, 2.45) is 0 Å². The number of rotatable bonds is 2. The van der Waals surface area contributed by atoms with E-state index in [9.17, 15) is 13.6 Å². The largest absolute Gasteiger partial charge is 0.586 e. The second-order valence-electron chi connectivity index (χ2n) is 6.39. The maximum absolute atomic E-state index is 13.2. The van der Waals surface area contributed by atoms with Crippen LogP contribution in [0.15, 0.2) is 35.3 Å². The molecule has 0 aliphatic carbocycles. The van der Waals surface area contributed by atoms with Crippen LogP contribution >= 0.6 is 0 Å². The summed E-state index contributed by atoms with van der Waals surface area (Å²) in [7, 11) is 0. The Kier molecular flexibility index (Phi) is 3.39. The summed E-state index contributed by atoms with van der Waals surface area (Å²) in [5.41, 5.74) is 0.404. The van der Waals surface area contributed by atoms with Crippen molar-refractivity contribution in [2.45, 2.75) is 39.0 Å². The fraction of sp³-hybridized carbons (Fsp3) is 0.375. The Balaban J connectivity index is 1.93. The summed E-state index contributed by atoms with van der Waals surface area (Å²) >= 11 is 0. The molecule has 0 fully saturated rings. The number of nitrogens with zero attached hydrogens (tertiary/aromatic N) is 2. The molecule has 0 unspecified atom stereocenters. The Morgan fingerprint density at radius 3 is 2.61 bits per heavy atom. The summed E-state index contributed by atoms with van der Waals surface area (Å²) in [5.74, 6) is -0.0934. The van der Waals surface area contributed by atoms with Gasteiger partial charge in [0.05, 0.1) is 12.2 Å². The van der Waals surface area contributed by atoms with Crippen molar-refractivity contribution >= 4 is 0 Å². The predicted molar refractivity (Wildman–Crippen MR) is 78.9 cm³/mol. The van der Waals surface area contributed by atoms with Crippen molar-refractivity contribution < 1.29 is 18.3 Å². The van der Waals surface area contributed by atoms with Crippen LogP contribution in [0.4, 0.5) is 8.78 Å². The van der Waals surface area contributed by atoms with Gasteiger partial charge in [-0.25, -0.2) is 4.79 Å². The number of alkyl halides is 2. The molecule has 0 saturated heterocycles. The lowest BCUT2D eigenvalue weighted by Crippen LogP contribution is -2.28. The lowest BCUT2D eigenvalue weighted by atomic mass is 9.92. The van der Waals surface area contributed by atoms with E-state index < -0.39 is 12.0 Å². The summed E-state index contributed by atoms with van der Waals surface area (Å²) < 4.78 is 36.7. The van der Waals surface area contributed by atoms with E-state index in [0.29, 0.717) is 11.3 Å². The Bertz CT molecular complexity index is 810. The maximum atomic E-state index is 13.2. The van der Waals surface area contributed by atoms with Crippen molar-refractivity contribution in [3.05, 3.63) is 52.2 Å². The summed E-state index contributed by atoms with van der Waals surface area (Å²) in [6.07, 6.45) is -2.08. The van der Waals surface area contributed by atoms with Crippen LogP contribution in [-0.4, -0.2) is 15.8 Å². The van der Waals surface area contributed by atoms with Gasteiger partial charge in [0.25, 0.3) is 0 Å². The fourth-order valence-electron chi connectivity index (χ4n) is 2.30. The number of hydrogen-bond donors (Lipinski definition) is 0. The second kappa shape index (κ2) is 5.04. The number of fused-ring (bicyclic) bond motifs is 1. The average Bonchev–Trinajstić information content (AvgIpc) is 2.75. The van der Waals surface area contributed by atoms with Crippen molar-refractivity contribution in [3.8, 4) is 11.5 Å². The third kappa shape index (κ3) is 3.04. The van der Waals surface area contributed by atoms with Crippen molar-refractivity contribution in [2.75, 3.05) is 0 Å². The van der Waals surface area contributed by atoms with E-state index in [1.807, 2.05) is 20.8 Å². The van der Waals surface area contributed by atoms with Crippen LogP contribution in [0, 0.1) is 0 Å². The quantitative estimate of drug-likeness (QED) is 0.853. The van der Waals surface area contributed by atoms with E-state index in [0.717, 1.165) is 0 Å². The normalized spacial score (nSPS) is 15.7. The van der Waals surface area contributed by atoms with Crippen LogP contribution in [-0.2, 0) is 12.0 Å². The first-order valence-corrected chi connectivity index (χ1v) is 7.11. The van der Waals surface area contributed by atoms with Gasteiger partial charge in [0.1, 0.15) is 0 Å². The van der Waals surface area contributed by atoms with Crippen LogP contribution in [0.2, 0.25) is 0 Å². The molecule has 0 radical (unpaired) electrons. The van der Waals surface area contributed by atoms with Gasteiger partial charge in [0, 0.05) is 17.2 Å². The number of benzene rings is 1. The lowest BCUT2D eigenvalue weighted by molar-refractivity contribution is -0.286. The molecule has 0 N–H and O–H groups in total. The van der Waals surface area contributed by atoms with E-state index in [4.69, 9.17) is 0 Å². The van der Waals surface area contributed by atoms with Gasteiger partial charge in [0.15, 0.2) is 11.5 Å². The van der Waals surface area contributed by atoms with Gasteiger partial charge in [-0.15, -0.1) is 8.78 Å². The Morgan fingerprint density at radius 1 is 1.22 bits per heavy atom. The van der Waals surface area contributed by atoms with Gasteiger partial charge < -0.3 is 9.47 Å². The monoisotopic (exact) mass is 322 g/mol. The van der Waals surface area contributed by atoms with Crippen molar-refractivity contribution in [1.82, 2.24) is 9.55 Å². The van der Waals surface area contributed by atoms with E-state index in [2.05, 4.69) is 14.5 Å². The average molecular weight is 322 g/mol. The summed E-state index contributed by atoms with van der Waals surface area (Å²) in [5, 5.41) is 0. The molecule has 1 aromatic heterocycles. The highest BCUT2D eigenvalue weighted by Crippen LogP contribution is 2.43. The summed E-state index contributed by atoms with van der Waals surface area (Å²) in [6.45, 7) is 5.93. The molecule has 5 nitrogen and oxygen atoms in total. The van der Waals surface area contributed by atoms with Gasteiger partial charge in [-0.05, 0) is 12.1 Å². The highest BCUT2D eigenvalue weighted by molar-refractivity contribution is 5.48. The molecule has 0 atom stereocenters. The number of halogens is 2. The van der Waals surface area contributed by atoms with Gasteiger partial charge in [-0.2, -0.15) is 4.98 Å². The first kappa shape index (κ1) is 15.5. The summed E-state index contributed by atoms with van der Waals surface area (Å²) in [4.78, 5) is 16.2. The van der Waals surface area contributed by atoms with Gasteiger partial charge in [-0.3, -0.25) is 4.57 Å². The number of ether oxygens (including phenoxy) is 2. The highest BCUT2D eigenvalue weighted by atomic mass is 19.3. The van der Waals surface area contributed by atoms with E-state index in [1.165, 1.54) is 10.6 Å². The lowest BCUT2D eigenvalue weighted by Gasteiger charge is -2.17.